The van der Waals surface area contributed by atoms with E-state index in [4.69, 9.17) is 15.2 Å². The summed E-state index contributed by atoms with van der Waals surface area (Å²) in [7, 11) is 4.53. The molecule has 0 saturated heterocycles. The average molecular weight is 533 g/mol. The van der Waals surface area contributed by atoms with Crippen molar-refractivity contribution in [3.8, 4) is 17.3 Å². The summed E-state index contributed by atoms with van der Waals surface area (Å²) in [4.78, 5) is 17.1. The van der Waals surface area contributed by atoms with Gasteiger partial charge in [0.15, 0.2) is 17.4 Å². The predicted octanol–water partition coefficient (Wildman–Crippen LogP) is 4.93. The number of methoxy groups -OCH3 is 1. The van der Waals surface area contributed by atoms with Gasteiger partial charge in [-0.2, -0.15) is 18.2 Å². The fourth-order valence-corrected chi connectivity index (χ4v) is 3.99. The molecule has 1 fully saturated rings. The highest BCUT2D eigenvalue weighted by Gasteiger charge is 2.35. The fourth-order valence-electron chi connectivity index (χ4n) is 3.99. The predicted molar refractivity (Wildman–Crippen MR) is 134 cm³/mol. The van der Waals surface area contributed by atoms with E-state index >= 15 is 0 Å². The standard InChI is InChI=1S/C26H28F4N6O2/c1-5-16-11-20(35-24(33-16)21(23(31)37-4)22(32-2)15-7-8-15)38-13-14-6-9-17(18(27)10-14)25-34-19(12-36(25)3)26(28,29)30/h6,9-12,15H,5,7-8,13,31H2,1-4H3. The molecule has 0 spiro atoms. The first kappa shape index (κ1) is 27.1. The lowest BCUT2D eigenvalue weighted by molar-refractivity contribution is -0.140. The molecule has 2 heterocycles. The van der Waals surface area contributed by atoms with Crippen molar-refractivity contribution in [2.75, 3.05) is 14.2 Å². The monoisotopic (exact) mass is 532 g/mol. The molecule has 0 atom stereocenters. The second-order valence-electron chi connectivity index (χ2n) is 8.86. The van der Waals surface area contributed by atoms with Crippen molar-refractivity contribution in [1.29, 1.82) is 0 Å². The van der Waals surface area contributed by atoms with E-state index in [-0.39, 0.29) is 35.7 Å². The van der Waals surface area contributed by atoms with Crippen molar-refractivity contribution in [3.05, 3.63) is 64.9 Å². The molecular formula is C26H28F4N6O2. The van der Waals surface area contributed by atoms with Crippen LogP contribution in [-0.2, 0) is 31.0 Å². The van der Waals surface area contributed by atoms with Gasteiger partial charge in [0.2, 0.25) is 5.88 Å². The molecule has 202 valence electrons. The molecule has 0 aliphatic heterocycles. The number of imidazole rings is 1. The molecule has 2 N–H and O–H groups in total. The van der Waals surface area contributed by atoms with E-state index in [1.54, 1.807) is 19.2 Å². The molecule has 8 nitrogen and oxygen atoms in total. The number of ether oxygens (including phenoxy) is 2. The Morgan fingerprint density at radius 3 is 2.47 bits per heavy atom. The van der Waals surface area contributed by atoms with Crippen LogP contribution in [0.4, 0.5) is 17.6 Å². The van der Waals surface area contributed by atoms with Crippen molar-refractivity contribution in [1.82, 2.24) is 19.5 Å². The number of allylic oxidation sites excluding steroid dienone is 1. The van der Waals surface area contributed by atoms with E-state index in [0.29, 0.717) is 29.1 Å². The maximum Gasteiger partial charge on any atom is 0.434 e. The molecule has 0 bridgehead atoms. The first-order valence-corrected chi connectivity index (χ1v) is 12.0. The second kappa shape index (κ2) is 10.8. The molecule has 1 saturated carbocycles. The van der Waals surface area contributed by atoms with Gasteiger partial charge in [-0.05, 0) is 37.0 Å². The number of aryl methyl sites for hydroxylation is 2. The minimum atomic E-state index is -4.63. The van der Waals surface area contributed by atoms with Crippen LogP contribution >= 0.6 is 0 Å². The van der Waals surface area contributed by atoms with Gasteiger partial charge in [0.25, 0.3) is 0 Å². The van der Waals surface area contributed by atoms with Crippen LogP contribution in [0.5, 0.6) is 5.88 Å². The third-order valence-corrected chi connectivity index (χ3v) is 6.10. The number of nitrogens with two attached hydrogens (primary N) is 1. The summed E-state index contributed by atoms with van der Waals surface area (Å²) >= 11 is 0. The number of rotatable bonds is 9. The van der Waals surface area contributed by atoms with E-state index in [1.165, 1.54) is 26.3 Å². The van der Waals surface area contributed by atoms with Crippen molar-refractivity contribution in [3.63, 3.8) is 0 Å². The SMILES string of the molecule is CCc1cc(OCc2ccc(-c3nc(C(F)(F)F)cn3C)c(F)c2)nc(C(C(=NC)C2CC2)=C(N)OC)n1. The van der Waals surface area contributed by atoms with Crippen LogP contribution < -0.4 is 10.5 Å². The topological polar surface area (TPSA) is 100 Å². The molecule has 1 aliphatic rings. The number of hydrogen-bond donors (Lipinski definition) is 1. The summed E-state index contributed by atoms with van der Waals surface area (Å²) in [6.07, 6.45) is -1.23. The lowest BCUT2D eigenvalue weighted by Gasteiger charge is -2.15. The fraction of sp³-hybridized carbons (Fsp3) is 0.385. The van der Waals surface area contributed by atoms with E-state index in [9.17, 15) is 17.6 Å². The van der Waals surface area contributed by atoms with Gasteiger partial charge in [0, 0.05) is 38.0 Å². The molecule has 0 amide bonds. The Bertz CT molecular complexity index is 1390. The molecule has 1 aliphatic carbocycles. The smallest absolute Gasteiger partial charge is 0.434 e. The quantitative estimate of drug-likeness (QED) is 0.238. The number of alkyl halides is 3. The zero-order valence-electron chi connectivity index (χ0n) is 21.4. The Kier molecular flexibility index (Phi) is 7.70. The molecule has 3 aromatic rings. The van der Waals surface area contributed by atoms with Gasteiger partial charge in [-0.3, -0.25) is 4.99 Å². The van der Waals surface area contributed by atoms with E-state index in [1.807, 2.05) is 6.92 Å². The van der Waals surface area contributed by atoms with Gasteiger partial charge in [0.1, 0.15) is 23.8 Å². The van der Waals surface area contributed by atoms with Crippen LogP contribution in [0.1, 0.15) is 42.5 Å². The van der Waals surface area contributed by atoms with Crippen LogP contribution in [0.3, 0.4) is 0 Å². The molecule has 12 heteroatoms. The van der Waals surface area contributed by atoms with E-state index < -0.39 is 17.7 Å². The zero-order chi connectivity index (χ0) is 27.6. The minimum absolute atomic E-state index is 0.0403. The molecule has 2 aromatic heterocycles. The third kappa shape index (κ3) is 5.79. The highest BCUT2D eigenvalue weighted by Crippen LogP contribution is 2.37. The van der Waals surface area contributed by atoms with Crippen molar-refractivity contribution in [2.45, 2.75) is 39.0 Å². The Labute approximate surface area is 217 Å². The van der Waals surface area contributed by atoms with E-state index in [2.05, 4.69) is 19.9 Å². The van der Waals surface area contributed by atoms with Gasteiger partial charge >= 0.3 is 6.18 Å². The van der Waals surface area contributed by atoms with Crippen molar-refractivity contribution < 1.29 is 27.0 Å². The summed E-state index contributed by atoms with van der Waals surface area (Å²) < 4.78 is 66.2. The van der Waals surface area contributed by atoms with Crippen LogP contribution in [0.25, 0.3) is 17.0 Å². The average Bonchev–Trinajstić information content (AvgIpc) is 3.65. The summed E-state index contributed by atoms with van der Waals surface area (Å²) in [6.45, 7) is 1.89. The van der Waals surface area contributed by atoms with Gasteiger partial charge in [-0.25, -0.2) is 14.4 Å². The molecule has 38 heavy (non-hydrogen) atoms. The second-order valence-corrected chi connectivity index (χ2v) is 8.86. The maximum absolute atomic E-state index is 14.9. The first-order valence-electron chi connectivity index (χ1n) is 12.0. The molecule has 0 radical (unpaired) electrons. The first-order chi connectivity index (χ1) is 18.0. The van der Waals surface area contributed by atoms with Gasteiger partial charge < -0.3 is 19.8 Å². The van der Waals surface area contributed by atoms with Crippen LogP contribution in [0.2, 0.25) is 0 Å². The number of halogens is 4. The summed E-state index contributed by atoms with van der Waals surface area (Å²) in [5.41, 5.74) is 7.45. The highest BCUT2D eigenvalue weighted by molar-refractivity contribution is 6.25. The summed E-state index contributed by atoms with van der Waals surface area (Å²) in [5, 5.41) is 0. The number of benzene rings is 1. The lowest BCUT2D eigenvalue weighted by atomic mass is 10.1. The lowest BCUT2D eigenvalue weighted by Crippen LogP contribution is -2.17. The minimum Gasteiger partial charge on any atom is -0.482 e. The molecule has 4 rings (SSSR count). The van der Waals surface area contributed by atoms with Gasteiger partial charge in [-0.1, -0.05) is 13.0 Å². The third-order valence-electron chi connectivity index (χ3n) is 6.10. The summed E-state index contributed by atoms with van der Waals surface area (Å²) in [5.74, 6) is 0.129. The van der Waals surface area contributed by atoms with Crippen LogP contribution in [0.15, 0.2) is 41.3 Å². The molecular weight excluding hydrogens is 504 g/mol. The number of aliphatic imine (C=N–C) groups is 1. The number of nitrogens with zero attached hydrogens (tertiary/aromatic N) is 5. The largest absolute Gasteiger partial charge is 0.482 e. The normalized spacial score (nSPS) is 14.9. The van der Waals surface area contributed by atoms with Gasteiger partial charge in [0.05, 0.1) is 18.4 Å². The number of hydrogen-bond acceptors (Lipinski definition) is 7. The highest BCUT2D eigenvalue weighted by atomic mass is 19.4. The zero-order valence-corrected chi connectivity index (χ0v) is 21.4. The summed E-state index contributed by atoms with van der Waals surface area (Å²) in [6, 6.07) is 5.82. The Balaban J connectivity index is 1.59. The van der Waals surface area contributed by atoms with E-state index in [0.717, 1.165) is 29.3 Å². The maximum atomic E-state index is 14.9. The van der Waals surface area contributed by atoms with Gasteiger partial charge in [-0.15, -0.1) is 0 Å². The Morgan fingerprint density at radius 2 is 1.92 bits per heavy atom. The molecule has 0 unspecified atom stereocenters. The Hall–Kier alpha value is -3.96. The van der Waals surface area contributed by atoms with Crippen LogP contribution in [0, 0.1) is 11.7 Å². The molecule has 1 aromatic carbocycles. The van der Waals surface area contributed by atoms with Crippen LogP contribution in [-0.4, -0.2) is 39.4 Å². The number of aromatic nitrogens is 4. The van der Waals surface area contributed by atoms with Crippen molar-refractivity contribution in [2.24, 2.45) is 23.7 Å². The van der Waals surface area contributed by atoms with Crippen molar-refractivity contribution >= 4 is 11.3 Å². The Morgan fingerprint density at radius 1 is 1.18 bits per heavy atom.